The van der Waals surface area contributed by atoms with E-state index >= 15 is 0 Å². The molecule has 1 aromatic carbocycles. The number of rotatable bonds is 2. The van der Waals surface area contributed by atoms with E-state index in [0.717, 1.165) is 11.3 Å². The van der Waals surface area contributed by atoms with Gasteiger partial charge in [0.15, 0.2) is 5.82 Å². The molecule has 0 spiro atoms. The van der Waals surface area contributed by atoms with Crippen LogP contribution < -0.4 is 11.1 Å². The molecule has 0 saturated heterocycles. The van der Waals surface area contributed by atoms with E-state index in [4.69, 9.17) is 5.73 Å². The second kappa shape index (κ2) is 5.90. The first-order valence-corrected chi connectivity index (χ1v) is 7.70. The maximum absolute atomic E-state index is 13.0. The third kappa shape index (κ3) is 2.89. The highest BCUT2D eigenvalue weighted by molar-refractivity contribution is 5.91. The van der Waals surface area contributed by atoms with Gasteiger partial charge in [-0.2, -0.15) is 0 Å². The third-order valence-corrected chi connectivity index (χ3v) is 4.03. The molecule has 1 aliphatic rings. The van der Waals surface area contributed by atoms with E-state index in [1.54, 1.807) is 29.4 Å². The molecule has 25 heavy (non-hydrogen) atoms. The fraction of sp³-hybridized carbons (Fsp3) is 0.118. The van der Waals surface area contributed by atoms with Crippen LogP contribution in [0.2, 0.25) is 0 Å². The van der Waals surface area contributed by atoms with Crippen molar-refractivity contribution < 1.29 is 9.18 Å². The molecular weight excluding hydrogens is 323 g/mol. The zero-order chi connectivity index (χ0) is 17.4. The minimum atomic E-state index is -0.334. The first kappa shape index (κ1) is 15.1. The van der Waals surface area contributed by atoms with Gasteiger partial charge in [0.2, 0.25) is 0 Å². The molecule has 0 radical (unpaired) electrons. The molecule has 0 fully saturated rings. The number of halogens is 1. The molecule has 0 saturated carbocycles. The first-order chi connectivity index (χ1) is 12.1. The van der Waals surface area contributed by atoms with Gasteiger partial charge in [-0.3, -0.25) is 10.3 Å². The molecular formula is C17H15FN6O. The van der Waals surface area contributed by atoms with E-state index < -0.39 is 0 Å². The Morgan fingerprint density at radius 2 is 2.00 bits per heavy atom. The molecule has 3 aromatic rings. The van der Waals surface area contributed by atoms with Crippen LogP contribution in [-0.2, 0) is 13.1 Å². The third-order valence-electron chi connectivity index (χ3n) is 4.03. The molecule has 1 aliphatic heterocycles. The highest BCUT2D eigenvalue weighted by Crippen LogP contribution is 2.23. The Hall–Kier alpha value is -3.42. The van der Waals surface area contributed by atoms with Gasteiger partial charge in [-0.25, -0.2) is 13.9 Å². The number of fused-ring (bicyclic) bond motifs is 1. The summed E-state index contributed by atoms with van der Waals surface area (Å²) >= 11 is 0. The number of carbonyl (C=O) groups is 1. The van der Waals surface area contributed by atoms with Crippen LogP contribution in [0.5, 0.6) is 0 Å². The summed E-state index contributed by atoms with van der Waals surface area (Å²) in [5, 5.41) is 6.98. The van der Waals surface area contributed by atoms with Crippen molar-refractivity contribution >= 4 is 17.5 Å². The minimum Gasteiger partial charge on any atom is -0.394 e. The van der Waals surface area contributed by atoms with Gasteiger partial charge in [-0.15, -0.1) is 5.10 Å². The quantitative estimate of drug-likeness (QED) is 0.751. The molecule has 126 valence electrons. The number of anilines is 2. The maximum Gasteiger partial charge on any atom is 0.323 e. The van der Waals surface area contributed by atoms with Crippen LogP contribution in [0.15, 0.2) is 48.8 Å². The molecule has 4 rings (SSSR count). The number of carbonyl (C=O) groups excluding carboxylic acids is 1. The lowest BCUT2D eigenvalue weighted by atomic mass is 10.2. The Balaban J connectivity index is 1.50. The largest absolute Gasteiger partial charge is 0.394 e. The van der Waals surface area contributed by atoms with Crippen molar-refractivity contribution in [3.05, 3.63) is 65.9 Å². The number of hydrogen-bond acceptors (Lipinski definition) is 4. The molecule has 0 unspecified atom stereocenters. The predicted molar refractivity (Wildman–Crippen MR) is 90.4 cm³/mol. The van der Waals surface area contributed by atoms with E-state index in [-0.39, 0.29) is 17.7 Å². The fourth-order valence-corrected chi connectivity index (χ4v) is 2.73. The SMILES string of the molecule is Nc1cn(-c2ccc(F)cc2)nc1NC(=O)N1Cc2cccnc2C1. The minimum absolute atomic E-state index is 0.262. The molecule has 8 heteroatoms. The van der Waals surface area contributed by atoms with Gasteiger partial charge in [0.1, 0.15) is 5.82 Å². The standard InChI is InChI=1S/C17H15FN6O/c18-12-3-5-13(6-4-12)24-9-14(19)16(22-24)21-17(25)23-8-11-2-1-7-20-15(11)10-23/h1-7,9H,8,10,19H2,(H,21,22,25). The average molecular weight is 338 g/mol. The summed E-state index contributed by atoms with van der Waals surface area (Å²) in [6.45, 7) is 0.939. The summed E-state index contributed by atoms with van der Waals surface area (Å²) in [6.07, 6.45) is 3.28. The molecule has 3 heterocycles. The summed E-state index contributed by atoms with van der Waals surface area (Å²) in [7, 11) is 0. The highest BCUT2D eigenvalue weighted by Gasteiger charge is 2.25. The lowest BCUT2D eigenvalue weighted by Crippen LogP contribution is -2.30. The molecule has 3 N–H and O–H groups in total. The van der Waals surface area contributed by atoms with Crippen LogP contribution in [-0.4, -0.2) is 25.7 Å². The van der Waals surface area contributed by atoms with Crippen LogP contribution in [0.25, 0.3) is 5.69 Å². The lowest BCUT2D eigenvalue weighted by molar-refractivity contribution is 0.212. The van der Waals surface area contributed by atoms with Crippen LogP contribution in [0.4, 0.5) is 20.7 Å². The van der Waals surface area contributed by atoms with Crippen molar-refractivity contribution in [3.8, 4) is 5.69 Å². The van der Waals surface area contributed by atoms with Crippen molar-refractivity contribution in [2.75, 3.05) is 11.1 Å². The second-order valence-electron chi connectivity index (χ2n) is 5.75. The number of benzene rings is 1. The van der Waals surface area contributed by atoms with Crippen molar-refractivity contribution in [3.63, 3.8) is 0 Å². The number of hydrogen-bond donors (Lipinski definition) is 2. The monoisotopic (exact) mass is 338 g/mol. The molecule has 0 bridgehead atoms. The van der Waals surface area contributed by atoms with Gasteiger partial charge in [0.25, 0.3) is 0 Å². The molecule has 2 amide bonds. The Morgan fingerprint density at radius 3 is 2.76 bits per heavy atom. The van der Waals surface area contributed by atoms with Gasteiger partial charge in [-0.05, 0) is 35.9 Å². The highest BCUT2D eigenvalue weighted by atomic mass is 19.1. The number of nitrogens with zero attached hydrogens (tertiary/aromatic N) is 4. The lowest BCUT2D eigenvalue weighted by Gasteiger charge is -2.15. The number of nitrogens with one attached hydrogen (secondary N) is 1. The fourth-order valence-electron chi connectivity index (χ4n) is 2.73. The second-order valence-corrected chi connectivity index (χ2v) is 5.75. The predicted octanol–water partition coefficient (Wildman–Crippen LogP) is 2.54. The van der Waals surface area contributed by atoms with Crippen LogP contribution in [0, 0.1) is 5.82 Å². The van der Waals surface area contributed by atoms with Crippen molar-refractivity contribution in [1.29, 1.82) is 0 Å². The zero-order valence-corrected chi connectivity index (χ0v) is 13.2. The summed E-state index contributed by atoms with van der Waals surface area (Å²) in [6, 6.07) is 9.33. The summed E-state index contributed by atoms with van der Waals surface area (Å²) in [5.74, 6) is -0.0714. The number of amides is 2. The molecule has 0 aliphatic carbocycles. The van der Waals surface area contributed by atoms with Gasteiger partial charge >= 0.3 is 6.03 Å². The average Bonchev–Trinajstić information content (AvgIpc) is 3.19. The number of nitrogen functional groups attached to an aromatic ring is 1. The first-order valence-electron chi connectivity index (χ1n) is 7.70. The van der Waals surface area contributed by atoms with Gasteiger partial charge in [0.05, 0.1) is 29.8 Å². The van der Waals surface area contributed by atoms with Gasteiger partial charge in [-0.1, -0.05) is 6.07 Å². The summed E-state index contributed by atoms with van der Waals surface area (Å²) < 4.78 is 14.5. The molecule has 7 nitrogen and oxygen atoms in total. The Kier molecular flexibility index (Phi) is 3.57. The number of pyridine rings is 1. The Morgan fingerprint density at radius 1 is 1.20 bits per heavy atom. The Bertz CT molecular complexity index is 912. The van der Waals surface area contributed by atoms with Gasteiger partial charge < -0.3 is 10.6 Å². The van der Waals surface area contributed by atoms with Crippen LogP contribution in [0.3, 0.4) is 0 Å². The summed E-state index contributed by atoms with van der Waals surface area (Å²) in [5.41, 5.74) is 8.83. The van der Waals surface area contributed by atoms with E-state index in [0.29, 0.717) is 24.5 Å². The van der Waals surface area contributed by atoms with Crippen LogP contribution in [0.1, 0.15) is 11.3 Å². The summed E-state index contributed by atoms with van der Waals surface area (Å²) in [4.78, 5) is 18.4. The topological polar surface area (TPSA) is 89.1 Å². The number of aromatic nitrogens is 3. The normalized spacial score (nSPS) is 12.9. The maximum atomic E-state index is 13.0. The van der Waals surface area contributed by atoms with E-state index in [9.17, 15) is 9.18 Å². The van der Waals surface area contributed by atoms with Crippen molar-refractivity contribution in [1.82, 2.24) is 19.7 Å². The van der Waals surface area contributed by atoms with E-state index in [1.165, 1.54) is 16.8 Å². The van der Waals surface area contributed by atoms with Gasteiger partial charge in [0, 0.05) is 12.7 Å². The number of urea groups is 1. The number of nitrogens with two attached hydrogens (primary N) is 1. The molecule has 0 atom stereocenters. The van der Waals surface area contributed by atoms with E-state index in [1.807, 2.05) is 12.1 Å². The van der Waals surface area contributed by atoms with Crippen molar-refractivity contribution in [2.45, 2.75) is 13.1 Å². The Labute approximate surface area is 142 Å². The zero-order valence-electron chi connectivity index (χ0n) is 13.2. The van der Waals surface area contributed by atoms with E-state index in [2.05, 4.69) is 15.4 Å². The van der Waals surface area contributed by atoms with Crippen LogP contribution >= 0.6 is 0 Å². The smallest absolute Gasteiger partial charge is 0.323 e. The van der Waals surface area contributed by atoms with Crippen molar-refractivity contribution in [2.24, 2.45) is 0 Å². The molecule has 2 aromatic heterocycles.